The summed E-state index contributed by atoms with van der Waals surface area (Å²) < 4.78 is 60.8. The van der Waals surface area contributed by atoms with Crippen molar-refractivity contribution in [2.45, 2.75) is 15.5 Å². The van der Waals surface area contributed by atoms with Crippen molar-refractivity contribution < 1.29 is 35.6 Å². The highest BCUT2D eigenvalue weighted by Crippen LogP contribution is 2.29. The molecule has 2 N–H and O–H groups in total. The molecule has 0 saturated carbocycles. The number of hydrogen-bond acceptors (Lipinski definition) is 9. The summed E-state index contributed by atoms with van der Waals surface area (Å²) in [5.41, 5.74) is -1.30. The van der Waals surface area contributed by atoms with Gasteiger partial charge in [-0.2, -0.15) is 8.42 Å². The largest absolute Gasteiger partial charge is 0.508 e. The number of sulfone groups is 1. The quantitative estimate of drug-likeness (QED) is 0.309. The average Bonchev–Trinajstić information content (AvgIpc) is 2.75. The second-order valence-corrected chi connectivity index (χ2v) is 10.6. The van der Waals surface area contributed by atoms with E-state index in [1.54, 1.807) is 0 Å². The minimum atomic E-state index is -4.30. The van der Waals surface area contributed by atoms with Gasteiger partial charge >= 0.3 is 15.7 Å². The van der Waals surface area contributed by atoms with E-state index in [1.807, 2.05) is 0 Å². The van der Waals surface area contributed by atoms with Crippen LogP contribution in [0.15, 0.2) is 91.8 Å². The molecule has 170 valence electrons. The van der Waals surface area contributed by atoms with Crippen molar-refractivity contribution in [2.24, 2.45) is 0 Å². The lowest BCUT2D eigenvalue weighted by Crippen LogP contribution is -2.14. The third kappa shape index (κ3) is 4.69. The SMILES string of the molecule is O=c1oc2c(OS(=O)(=O)c3ccc(O)cc3)cccc2cc1CS(=O)(=O)c1ccc(O)cc1. The summed E-state index contributed by atoms with van der Waals surface area (Å²) in [4.78, 5) is 12.2. The molecule has 0 atom stereocenters. The molecule has 3 aromatic carbocycles. The molecule has 0 fully saturated rings. The highest BCUT2D eigenvalue weighted by molar-refractivity contribution is 7.90. The third-order valence-electron chi connectivity index (χ3n) is 4.66. The van der Waals surface area contributed by atoms with Crippen LogP contribution in [0.5, 0.6) is 17.2 Å². The lowest BCUT2D eigenvalue weighted by molar-refractivity contribution is 0.470. The Morgan fingerprint density at radius 3 is 1.97 bits per heavy atom. The van der Waals surface area contributed by atoms with Crippen molar-refractivity contribution in [3.63, 3.8) is 0 Å². The Balaban J connectivity index is 1.70. The molecule has 0 aliphatic carbocycles. The maximum Gasteiger partial charge on any atom is 0.340 e. The maximum absolute atomic E-state index is 12.7. The van der Waals surface area contributed by atoms with Crippen molar-refractivity contribution >= 4 is 30.9 Å². The molecule has 1 heterocycles. The number of phenolic OH excluding ortho intramolecular Hbond substituents is 2. The number of hydrogen-bond donors (Lipinski definition) is 2. The zero-order valence-electron chi connectivity index (χ0n) is 16.7. The molecule has 0 radical (unpaired) electrons. The molecule has 0 aliphatic heterocycles. The zero-order valence-corrected chi connectivity index (χ0v) is 18.3. The van der Waals surface area contributed by atoms with E-state index in [-0.39, 0.29) is 43.6 Å². The van der Waals surface area contributed by atoms with E-state index in [2.05, 4.69) is 0 Å². The molecule has 33 heavy (non-hydrogen) atoms. The Hall–Kier alpha value is -3.83. The molecule has 0 saturated heterocycles. The zero-order chi connectivity index (χ0) is 23.8. The lowest BCUT2D eigenvalue weighted by Gasteiger charge is -2.10. The van der Waals surface area contributed by atoms with Crippen LogP contribution in [0.1, 0.15) is 5.56 Å². The van der Waals surface area contributed by atoms with Crippen molar-refractivity contribution in [2.75, 3.05) is 0 Å². The van der Waals surface area contributed by atoms with Crippen LogP contribution in [0.2, 0.25) is 0 Å². The monoisotopic (exact) mass is 488 g/mol. The lowest BCUT2D eigenvalue weighted by atomic mass is 10.2. The molecule has 4 aromatic rings. The van der Waals surface area contributed by atoms with Crippen LogP contribution in [-0.2, 0) is 25.7 Å². The summed E-state index contributed by atoms with van der Waals surface area (Å²) in [5, 5.41) is 18.9. The molecule has 0 aliphatic rings. The van der Waals surface area contributed by atoms with Crippen molar-refractivity contribution in [3.8, 4) is 17.2 Å². The van der Waals surface area contributed by atoms with Crippen LogP contribution in [0.25, 0.3) is 11.0 Å². The topological polar surface area (TPSA) is 148 Å². The fourth-order valence-corrected chi connectivity index (χ4v) is 5.31. The molecule has 9 nitrogen and oxygen atoms in total. The predicted octanol–water partition coefficient (Wildman–Crippen LogP) is 2.95. The van der Waals surface area contributed by atoms with Gasteiger partial charge in [0, 0.05) is 5.39 Å². The molecule has 0 bridgehead atoms. The molecule has 1 aromatic heterocycles. The van der Waals surface area contributed by atoms with Crippen LogP contribution in [-0.4, -0.2) is 27.0 Å². The van der Waals surface area contributed by atoms with Gasteiger partial charge in [0.05, 0.1) is 16.2 Å². The smallest absolute Gasteiger partial charge is 0.340 e. The van der Waals surface area contributed by atoms with Gasteiger partial charge in [0.1, 0.15) is 16.4 Å². The first-order chi connectivity index (χ1) is 15.5. The van der Waals surface area contributed by atoms with Gasteiger partial charge in [-0.1, -0.05) is 12.1 Å². The second kappa shape index (κ2) is 8.26. The highest BCUT2D eigenvalue weighted by Gasteiger charge is 2.22. The Bertz CT molecular complexity index is 1600. The van der Waals surface area contributed by atoms with Gasteiger partial charge in [0.15, 0.2) is 21.2 Å². The van der Waals surface area contributed by atoms with E-state index in [9.17, 15) is 31.8 Å². The van der Waals surface area contributed by atoms with Gasteiger partial charge in [0.25, 0.3) is 0 Å². The van der Waals surface area contributed by atoms with Crippen molar-refractivity contribution in [3.05, 3.63) is 88.8 Å². The first-order valence-electron chi connectivity index (χ1n) is 9.36. The van der Waals surface area contributed by atoms with Crippen LogP contribution in [0.3, 0.4) is 0 Å². The van der Waals surface area contributed by atoms with Gasteiger partial charge in [0.2, 0.25) is 0 Å². The average molecular weight is 488 g/mol. The first kappa shape index (κ1) is 22.4. The van der Waals surface area contributed by atoms with E-state index >= 15 is 0 Å². The normalized spacial score (nSPS) is 12.0. The Labute approximate surface area is 188 Å². The van der Waals surface area contributed by atoms with Crippen molar-refractivity contribution in [1.82, 2.24) is 0 Å². The predicted molar refractivity (Wildman–Crippen MR) is 117 cm³/mol. The van der Waals surface area contributed by atoms with Gasteiger partial charge in [-0.25, -0.2) is 13.2 Å². The van der Waals surface area contributed by atoms with Crippen molar-refractivity contribution in [1.29, 1.82) is 0 Å². The highest BCUT2D eigenvalue weighted by atomic mass is 32.2. The summed E-state index contributed by atoms with van der Waals surface area (Å²) in [6.45, 7) is 0. The fraction of sp³-hybridized carbons (Fsp3) is 0.0455. The van der Waals surface area contributed by atoms with E-state index in [0.717, 1.165) is 12.1 Å². The van der Waals surface area contributed by atoms with E-state index < -0.39 is 31.3 Å². The van der Waals surface area contributed by atoms with E-state index in [1.165, 1.54) is 60.7 Å². The molecule has 0 unspecified atom stereocenters. The Morgan fingerprint density at radius 2 is 1.36 bits per heavy atom. The number of benzene rings is 3. The molecular formula is C22H16O9S2. The number of phenols is 2. The summed E-state index contributed by atoms with van der Waals surface area (Å²) in [6, 6.07) is 15.1. The van der Waals surface area contributed by atoms with Gasteiger partial charge in [-0.3, -0.25) is 0 Å². The van der Waals surface area contributed by atoms with Gasteiger partial charge in [-0.05, 0) is 60.7 Å². The first-order valence-corrected chi connectivity index (χ1v) is 12.4. The Morgan fingerprint density at radius 1 is 0.788 bits per heavy atom. The minimum Gasteiger partial charge on any atom is -0.508 e. The standard InChI is InChI=1S/C22H16O9S2/c23-16-4-8-18(9-5-16)32(26,27)13-15-12-14-2-1-3-20(21(14)30-22(15)25)31-33(28,29)19-10-6-17(24)7-11-19/h1-12,23-24H,13H2. The Kier molecular flexibility index (Phi) is 5.60. The van der Waals surface area contributed by atoms with E-state index in [0.29, 0.717) is 0 Å². The molecular weight excluding hydrogens is 472 g/mol. The van der Waals surface area contributed by atoms with Crippen LogP contribution < -0.4 is 9.81 Å². The minimum absolute atomic E-state index is 0.0862. The summed E-state index contributed by atoms with van der Waals surface area (Å²) >= 11 is 0. The summed E-state index contributed by atoms with van der Waals surface area (Å²) in [6.07, 6.45) is 0. The summed E-state index contributed by atoms with van der Waals surface area (Å²) in [7, 11) is -8.22. The van der Waals surface area contributed by atoms with Gasteiger partial charge in [-0.15, -0.1) is 0 Å². The maximum atomic E-state index is 12.7. The second-order valence-electron chi connectivity index (χ2n) is 7.02. The van der Waals surface area contributed by atoms with Gasteiger partial charge < -0.3 is 18.8 Å². The molecule has 0 spiro atoms. The van der Waals surface area contributed by atoms with Crippen LogP contribution in [0.4, 0.5) is 0 Å². The van der Waals surface area contributed by atoms with E-state index in [4.69, 9.17) is 8.60 Å². The number of para-hydroxylation sites is 1. The fourth-order valence-electron chi connectivity index (χ4n) is 3.05. The number of rotatable bonds is 6. The van der Waals surface area contributed by atoms with Crippen LogP contribution in [0, 0.1) is 0 Å². The number of fused-ring (bicyclic) bond motifs is 1. The van der Waals surface area contributed by atoms with Crippen LogP contribution >= 0.6 is 0 Å². The summed E-state index contributed by atoms with van der Waals surface area (Å²) in [5.74, 6) is -1.15. The molecule has 0 amide bonds. The molecule has 4 rings (SSSR count). The third-order valence-corrected chi connectivity index (χ3v) is 7.59. The molecule has 11 heteroatoms. The number of aromatic hydroxyl groups is 2.